The number of carbonyl (C=O) groups is 2. The lowest BCUT2D eigenvalue weighted by molar-refractivity contribution is -0.115. The molecule has 7 nitrogen and oxygen atoms in total. The molecule has 0 aliphatic rings. The summed E-state index contributed by atoms with van der Waals surface area (Å²) in [7, 11) is 0. The molecule has 16 heavy (non-hydrogen) atoms. The number of aryl methyl sites for hydroxylation is 1. The standard InChI is InChI=1S/C8H9IN4O3/c1-4-6(11-5(14)2-3-9)12-13-7(10-4)8(15)16/h2-3H2,1H3,(H,15,16)(H,11,12,14). The Morgan fingerprint density at radius 2 is 2.12 bits per heavy atom. The number of carbonyl (C=O) groups excluding carboxylic acids is 1. The number of rotatable bonds is 4. The second-order valence-electron chi connectivity index (χ2n) is 2.86. The molecular formula is C8H9IN4O3. The van der Waals surface area contributed by atoms with Gasteiger partial charge in [-0.25, -0.2) is 9.78 Å². The molecule has 0 aliphatic carbocycles. The first-order valence-electron chi connectivity index (χ1n) is 4.35. The zero-order valence-electron chi connectivity index (χ0n) is 8.40. The molecule has 1 aromatic rings. The van der Waals surface area contributed by atoms with E-state index in [1.807, 2.05) is 0 Å². The van der Waals surface area contributed by atoms with E-state index in [1.54, 1.807) is 6.92 Å². The fourth-order valence-corrected chi connectivity index (χ4v) is 1.38. The summed E-state index contributed by atoms with van der Waals surface area (Å²) < 4.78 is 0.691. The van der Waals surface area contributed by atoms with E-state index in [2.05, 4.69) is 43.1 Å². The summed E-state index contributed by atoms with van der Waals surface area (Å²) in [6.07, 6.45) is 0.363. The monoisotopic (exact) mass is 336 g/mol. The van der Waals surface area contributed by atoms with Crippen molar-refractivity contribution in [3.63, 3.8) is 0 Å². The molecule has 0 spiro atoms. The van der Waals surface area contributed by atoms with Gasteiger partial charge < -0.3 is 10.4 Å². The van der Waals surface area contributed by atoms with Crippen LogP contribution in [0.25, 0.3) is 0 Å². The third-order valence-corrected chi connectivity index (χ3v) is 2.17. The zero-order chi connectivity index (χ0) is 12.1. The first-order valence-corrected chi connectivity index (χ1v) is 5.87. The molecule has 0 bridgehead atoms. The quantitative estimate of drug-likeness (QED) is 0.618. The van der Waals surface area contributed by atoms with Crippen LogP contribution in [0, 0.1) is 6.92 Å². The van der Waals surface area contributed by atoms with E-state index in [0.29, 0.717) is 16.5 Å². The van der Waals surface area contributed by atoms with Crippen LogP contribution in [0.15, 0.2) is 0 Å². The zero-order valence-corrected chi connectivity index (χ0v) is 10.6. The van der Waals surface area contributed by atoms with Crippen LogP contribution in [-0.2, 0) is 4.79 Å². The van der Waals surface area contributed by atoms with Crippen molar-refractivity contribution in [3.8, 4) is 0 Å². The van der Waals surface area contributed by atoms with Crippen molar-refractivity contribution in [3.05, 3.63) is 11.5 Å². The predicted molar refractivity (Wildman–Crippen MR) is 63.7 cm³/mol. The Morgan fingerprint density at radius 1 is 1.44 bits per heavy atom. The number of hydrogen-bond acceptors (Lipinski definition) is 5. The van der Waals surface area contributed by atoms with Gasteiger partial charge in [-0.2, -0.15) is 0 Å². The smallest absolute Gasteiger partial charge is 0.375 e. The summed E-state index contributed by atoms with van der Waals surface area (Å²) in [4.78, 5) is 25.5. The molecule has 0 radical (unpaired) electrons. The normalized spacial score (nSPS) is 9.88. The number of nitrogens with one attached hydrogen (secondary N) is 1. The van der Waals surface area contributed by atoms with Gasteiger partial charge in [0.1, 0.15) is 0 Å². The molecule has 0 aromatic carbocycles. The van der Waals surface area contributed by atoms with Gasteiger partial charge in [0.15, 0.2) is 5.82 Å². The molecule has 1 rings (SSSR count). The number of aromatic carboxylic acids is 1. The lowest BCUT2D eigenvalue weighted by atomic mass is 10.4. The van der Waals surface area contributed by atoms with Gasteiger partial charge >= 0.3 is 5.97 Å². The predicted octanol–water partition coefficient (Wildman–Crippen LogP) is 0.642. The van der Waals surface area contributed by atoms with E-state index in [4.69, 9.17) is 5.11 Å². The largest absolute Gasteiger partial charge is 0.475 e. The number of carboxylic acids is 1. The third-order valence-electron chi connectivity index (χ3n) is 1.63. The Kier molecular flexibility index (Phi) is 4.52. The van der Waals surface area contributed by atoms with Gasteiger partial charge in [0.05, 0.1) is 5.69 Å². The van der Waals surface area contributed by atoms with Crippen molar-refractivity contribution in [2.24, 2.45) is 0 Å². The van der Waals surface area contributed by atoms with E-state index in [1.165, 1.54) is 0 Å². The Morgan fingerprint density at radius 3 is 2.62 bits per heavy atom. The average molecular weight is 336 g/mol. The van der Waals surface area contributed by atoms with Crippen LogP contribution >= 0.6 is 22.6 Å². The van der Waals surface area contributed by atoms with Gasteiger partial charge in [-0.3, -0.25) is 4.79 Å². The molecule has 0 atom stereocenters. The van der Waals surface area contributed by atoms with Gasteiger partial charge in [0, 0.05) is 10.8 Å². The summed E-state index contributed by atoms with van der Waals surface area (Å²) in [6, 6.07) is 0. The third kappa shape index (κ3) is 3.36. The number of anilines is 1. The number of carboxylic acid groups (broad SMARTS) is 1. The highest BCUT2D eigenvalue weighted by molar-refractivity contribution is 14.1. The Hall–Kier alpha value is -1.32. The molecule has 2 N–H and O–H groups in total. The number of aromatic nitrogens is 3. The van der Waals surface area contributed by atoms with E-state index in [0.717, 1.165) is 0 Å². The van der Waals surface area contributed by atoms with Crippen molar-refractivity contribution in [2.75, 3.05) is 9.74 Å². The first-order chi connectivity index (χ1) is 7.54. The summed E-state index contributed by atoms with van der Waals surface area (Å²) in [5, 5.41) is 18.1. The topological polar surface area (TPSA) is 105 Å². The first kappa shape index (κ1) is 12.7. The molecule has 8 heteroatoms. The minimum atomic E-state index is -1.25. The maximum absolute atomic E-state index is 11.3. The van der Waals surface area contributed by atoms with Crippen LogP contribution in [-0.4, -0.2) is 36.6 Å². The van der Waals surface area contributed by atoms with E-state index in [9.17, 15) is 9.59 Å². The van der Waals surface area contributed by atoms with Crippen LogP contribution in [0.4, 0.5) is 5.82 Å². The molecule has 86 valence electrons. The second-order valence-corrected chi connectivity index (χ2v) is 3.94. The minimum Gasteiger partial charge on any atom is -0.475 e. The second kappa shape index (κ2) is 5.68. The summed E-state index contributed by atoms with van der Waals surface area (Å²) in [5.41, 5.74) is 0.328. The minimum absolute atomic E-state index is 0.194. The SMILES string of the molecule is Cc1nc(C(=O)O)nnc1NC(=O)CCI. The Bertz CT molecular complexity index is 424. The van der Waals surface area contributed by atoms with Crippen LogP contribution < -0.4 is 5.32 Å². The average Bonchev–Trinajstić information content (AvgIpc) is 2.21. The van der Waals surface area contributed by atoms with Crippen LogP contribution in [0.1, 0.15) is 22.7 Å². The summed E-state index contributed by atoms with van der Waals surface area (Å²) in [6.45, 7) is 1.56. The van der Waals surface area contributed by atoms with Crippen molar-refractivity contribution < 1.29 is 14.7 Å². The van der Waals surface area contributed by atoms with E-state index in [-0.39, 0.29) is 17.5 Å². The van der Waals surface area contributed by atoms with E-state index >= 15 is 0 Å². The van der Waals surface area contributed by atoms with Gasteiger partial charge in [-0.1, -0.05) is 22.6 Å². The summed E-state index contributed by atoms with van der Waals surface area (Å²) in [5.74, 6) is -1.64. The lowest BCUT2D eigenvalue weighted by Gasteiger charge is -2.04. The maximum atomic E-state index is 11.3. The highest BCUT2D eigenvalue weighted by Gasteiger charge is 2.12. The molecule has 1 aromatic heterocycles. The molecule has 0 unspecified atom stereocenters. The number of alkyl halides is 1. The van der Waals surface area contributed by atoms with Crippen LogP contribution in [0.3, 0.4) is 0 Å². The Balaban J connectivity index is 2.83. The molecular weight excluding hydrogens is 327 g/mol. The number of nitrogens with zero attached hydrogens (tertiary/aromatic N) is 3. The van der Waals surface area contributed by atoms with E-state index < -0.39 is 5.97 Å². The molecule has 0 aliphatic heterocycles. The van der Waals surface area contributed by atoms with Crippen LogP contribution in [0.5, 0.6) is 0 Å². The lowest BCUT2D eigenvalue weighted by Crippen LogP contribution is -2.17. The van der Waals surface area contributed by atoms with Crippen LogP contribution in [0.2, 0.25) is 0 Å². The molecule has 1 heterocycles. The van der Waals surface area contributed by atoms with Gasteiger partial charge in [-0.15, -0.1) is 10.2 Å². The van der Waals surface area contributed by atoms with Gasteiger partial charge in [0.2, 0.25) is 5.91 Å². The maximum Gasteiger partial charge on any atom is 0.375 e. The molecule has 0 fully saturated rings. The highest BCUT2D eigenvalue weighted by atomic mass is 127. The number of hydrogen-bond donors (Lipinski definition) is 2. The highest BCUT2D eigenvalue weighted by Crippen LogP contribution is 2.07. The number of halogens is 1. The molecule has 1 amide bonds. The van der Waals surface area contributed by atoms with Crippen molar-refractivity contribution in [2.45, 2.75) is 13.3 Å². The van der Waals surface area contributed by atoms with Crippen molar-refractivity contribution in [1.29, 1.82) is 0 Å². The Labute approximate surface area is 105 Å². The van der Waals surface area contributed by atoms with Crippen molar-refractivity contribution >= 4 is 40.3 Å². The fourth-order valence-electron chi connectivity index (χ4n) is 0.890. The van der Waals surface area contributed by atoms with Gasteiger partial charge in [-0.05, 0) is 6.92 Å². The van der Waals surface area contributed by atoms with Gasteiger partial charge in [0.25, 0.3) is 5.82 Å². The van der Waals surface area contributed by atoms with Crippen molar-refractivity contribution in [1.82, 2.24) is 15.2 Å². The molecule has 0 saturated carbocycles. The molecule has 0 saturated heterocycles. The number of amides is 1. The summed E-state index contributed by atoms with van der Waals surface area (Å²) >= 11 is 2.08. The fraction of sp³-hybridized carbons (Fsp3) is 0.375.